The van der Waals surface area contributed by atoms with Gasteiger partial charge in [-0.2, -0.15) is 0 Å². The molecular weight excluding hydrogens is 893 g/mol. The van der Waals surface area contributed by atoms with Crippen LogP contribution in [0.5, 0.6) is 0 Å². The number of fused-ring (bicyclic) bond motifs is 3. The molecule has 9 N–H and O–H groups in total. The summed E-state index contributed by atoms with van der Waals surface area (Å²) in [5, 5.41) is 73.8. The first-order chi connectivity index (χ1) is 31.6. The minimum Gasteiger partial charge on any atom is -0.458 e. The van der Waals surface area contributed by atoms with Crippen LogP contribution in [0.25, 0.3) is 0 Å². The molecule has 23 nitrogen and oxygen atoms in total. The summed E-state index contributed by atoms with van der Waals surface area (Å²) in [4.78, 5) is 103. The van der Waals surface area contributed by atoms with Gasteiger partial charge in [-0.3, -0.25) is 49.2 Å². The van der Waals surface area contributed by atoms with Crippen LogP contribution < -0.4 is 16.2 Å². The molecule has 5 aliphatic heterocycles. The zero-order chi connectivity index (χ0) is 51.0. The third-order valence-electron chi connectivity index (χ3n) is 14.7. The van der Waals surface area contributed by atoms with Crippen molar-refractivity contribution in [1.82, 2.24) is 41.2 Å². The van der Waals surface area contributed by atoms with Crippen LogP contribution in [0.4, 0.5) is 0 Å². The Balaban J connectivity index is 1.62. The lowest BCUT2D eigenvalue weighted by molar-refractivity contribution is -0.329. The van der Waals surface area contributed by atoms with E-state index >= 15 is 4.79 Å². The lowest BCUT2D eigenvalue weighted by Crippen LogP contribution is -2.70. The summed E-state index contributed by atoms with van der Waals surface area (Å²) in [7, 11) is 0. The quantitative estimate of drug-likeness (QED) is 0.102. The number of rotatable bonds is 9. The Labute approximate surface area is 397 Å². The smallest absolute Gasteiger partial charge is 0.332 e. The minimum absolute atomic E-state index is 0.0101. The molecule has 5 aliphatic rings. The second-order valence-electron chi connectivity index (χ2n) is 20.6. The van der Waals surface area contributed by atoms with Crippen molar-refractivity contribution in [3.8, 4) is 0 Å². The highest BCUT2D eigenvalue weighted by Crippen LogP contribution is 2.42. The Hall–Kier alpha value is -4.07. The van der Waals surface area contributed by atoms with Gasteiger partial charge in [-0.25, -0.2) is 25.8 Å². The Morgan fingerprint density at radius 1 is 0.882 bits per heavy atom. The molecule has 0 aliphatic carbocycles. The van der Waals surface area contributed by atoms with Gasteiger partial charge in [0.2, 0.25) is 11.7 Å². The van der Waals surface area contributed by atoms with Gasteiger partial charge in [-0.1, -0.05) is 54.9 Å². The molecule has 5 rings (SSSR count). The Morgan fingerprint density at radius 3 is 2.13 bits per heavy atom. The molecule has 68 heavy (non-hydrogen) atoms. The van der Waals surface area contributed by atoms with Crippen molar-refractivity contribution >= 4 is 41.4 Å². The van der Waals surface area contributed by atoms with E-state index in [1.807, 2.05) is 6.92 Å². The second-order valence-corrected chi connectivity index (χ2v) is 20.6. The number of hydrazine groups is 2. The maximum absolute atomic E-state index is 15.1. The number of hydrogen-bond acceptors (Lipinski definition) is 17. The fraction of sp³-hybridized carbons (Fsp3) is 0.844. The summed E-state index contributed by atoms with van der Waals surface area (Å²) < 4.78 is 12.2. The number of β-amino-alcohol motifs (C(OH)–C–C–N with tert-alkyl or cyclic N) is 1. The number of aliphatic hydroxyl groups excluding tert-OH is 1. The molecule has 386 valence electrons. The molecule has 6 amide bonds. The van der Waals surface area contributed by atoms with Crippen molar-refractivity contribution in [1.29, 1.82) is 0 Å². The van der Waals surface area contributed by atoms with Crippen molar-refractivity contribution in [2.75, 3.05) is 19.6 Å². The molecule has 5 fully saturated rings. The van der Waals surface area contributed by atoms with E-state index in [1.54, 1.807) is 0 Å². The fourth-order valence-electron chi connectivity index (χ4n) is 10.1. The number of ether oxygens (including phenoxy) is 2. The molecule has 0 aromatic carbocycles. The fourth-order valence-corrected chi connectivity index (χ4v) is 10.1. The maximum Gasteiger partial charge on any atom is 0.332 e. The summed E-state index contributed by atoms with van der Waals surface area (Å²) >= 11 is 0. The van der Waals surface area contributed by atoms with Gasteiger partial charge < -0.3 is 40.1 Å². The predicted octanol–water partition coefficient (Wildman–Crippen LogP) is -0.704. The molecule has 23 heteroatoms. The Kier molecular flexibility index (Phi) is 17.4. The molecule has 14 atom stereocenters. The largest absolute Gasteiger partial charge is 0.458 e. The first-order valence-electron chi connectivity index (χ1n) is 24.2. The van der Waals surface area contributed by atoms with E-state index < -0.39 is 125 Å². The van der Waals surface area contributed by atoms with Gasteiger partial charge in [-0.05, 0) is 83.0 Å². The molecule has 5 saturated heterocycles. The van der Waals surface area contributed by atoms with E-state index in [-0.39, 0.29) is 67.8 Å². The summed E-state index contributed by atoms with van der Waals surface area (Å²) in [6.45, 7) is 15.0. The van der Waals surface area contributed by atoms with Crippen LogP contribution in [0.1, 0.15) is 127 Å². The number of carbonyl (C=O) groups is 7. The minimum atomic E-state index is -2.76. The van der Waals surface area contributed by atoms with Gasteiger partial charge in [0.25, 0.3) is 29.5 Å². The van der Waals surface area contributed by atoms with Crippen LogP contribution >= 0.6 is 0 Å². The summed E-state index contributed by atoms with van der Waals surface area (Å²) in [6.07, 6.45) is -1.48. The lowest BCUT2D eigenvalue weighted by Gasteiger charge is -2.48. The van der Waals surface area contributed by atoms with Crippen LogP contribution in [0.15, 0.2) is 0 Å². The molecule has 0 spiro atoms. The van der Waals surface area contributed by atoms with Crippen molar-refractivity contribution in [3.05, 3.63) is 0 Å². The monoisotopic (exact) mass is 969 g/mol. The van der Waals surface area contributed by atoms with Crippen LogP contribution in [0.2, 0.25) is 0 Å². The van der Waals surface area contributed by atoms with Gasteiger partial charge in [0.1, 0.15) is 36.3 Å². The molecule has 0 aromatic heterocycles. The van der Waals surface area contributed by atoms with Crippen molar-refractivity contribution in [3.63, 3.8) is 0 Å². The van der Waals surface area contributed by atoms with Gasteiger partial charge in [0.05, 0.1) is 17.8 Å². The van der Waals surface area contributed by atoms with E-state index in [2.05, 4.69) is 30.0 Å². The van der Waals surface area contributed by atoms with Gasteiger partial charge in [0.15, 0.2) is 11.6 Å². The number of esters is 1. The third kappa shape index (κ3) is 10.8. The molecular formula is C45H76N8O15. The van der Waals surface area contributed by atoms with Crippen LogP contribution in [0, 0.1) is 23.7 Å². The second kappa shape index (κ2) is 21.5. The predicted molar refractivity (Wildman–Crippen MR) is 237 cm³/mol. The molecule has 0 aromatic rings. The normalized spacial score (nSPS) is 36.6. The number of hydroxylamine groups is 4. The Morgan fingerprint density at radius 2 is 1.53 bits per heavy atom. The first kappa shape index (κ1) is 54.9. The third-order valence-corrected chi connectivity index (χ3v) is 14.7. The van der Waals surface area contributed by atoms with E-state index in [0.717, 1.165) is 41.6 Å². The van der Waals surface area contributed by atoms with Crippen LogP contribution in [-0.2, 0) is 43.0 Å². The standard InChI is InChI=1S/C45H76N8O15/c1-11-25(7)20-27-15-16-45(64,68-31(27)12-2)44(10,63)42(61)48-32-34(24(5)6)67-41(60)33(23(3)4)53(66)40(59)35-43(9,62)17-19-49(35)37(56)30-21-28(54)22-47-51(30)36(55)26(8)52(65)38(57)29-14-13-18-46-50(29)39(32)58/h23-35,46-47,54,62-66H,11-22H2,1-10H3,(H,48,61). The molecule has 0 bridgehead atoms. The summed E-state index contributed by atoms with van der Waals surface area (Å²) in [5.74, 6) is -12.1. The van der Waals surface area contributed by atoms with Crippen molar-refractivity contribution < 1.29 is 73.9 Å². The number of nitrogens with one attached hydrogen (secondary N) is 3. The van der Waals surface area contributed by atoms with E-state index in [4.69, 9.17) is 9.47 Å². The maximum atomic E-state index is 15.1. The number of hydrogen-bond donors (Lipinski definition) is 9. The van der Waals surface area contributed by atoms with E-state index in [0.29, 0.717) is 18.8 Å². The highest BCUT2D eigenvalue weighted by atomic mass is 16.6. The zero-order valence-electron chi connectivity index (χ0n) is 41.1. The molecule has 5 heterocycles. The van der Waals surface area contributed by atoms with Crippen LogP contribution in [-0.4, -0.2) is 188 Å². The van der Waals surface area contributed by atoms with E-state index in [1.165, 1.54) is 34.6 Å². The molecule has 0 radical (unpaired) electrons. The zero-order valence-corrected chi connectivity index (χ0v) is 41.1. The number of aliphatic hydroxyl groups is 4. The van der Waals surface area contributed by atoms with Gasteiger partial charge >= 0.3 is 5.97 Å². The highest BCUT2D eigenvalue weighted by molar-refractivity contribution is 5.98. The average Bonchev–Trinajstić information content (AvgIpc) is 3.62. The number of nitrogens with zero attached hydrogens (tertiary/aromatic N) is 5. The summed E-state index contributed by atoms with van der Waals surface area (Å²) in [5.41, 5.74) is 0.710. The van der Waals surface area contributed by atoms with E-state index in [9.17, 15) is 59.6 Å². The topological polar surface area (TPSA) is 312 Å². The molecule has 0 saturated carbocycles. The summed E-state index contributed by atoms with van der Waals surface area (Å²) in [6, 6.07) is -10.6. The molecule has 14 unspecified atom stereocenters. The average molecular weight is 969 g/mol. The number of carbonyl (C=O) groups excluding carboxylic acids is 7. The number of cyclic esters (lactones) is 1. The van der Waals surface area contributed by atoms with Crippen molar-refractivity contribution in [2.24, 2.45) is 23.7 Å². The van der Waals surface area contributed by atoms with Gasteiger partial charge in [-0.15, -0.1) is 0 Å². The Bertz CT molecular complexity index is 1890. The van der Waals surface area contributed by atoms with Crippen LogP contribution in [0.3, 0.4) is 0 Å². The SMILES string of the molecule is CCC(C)CC1CCC(O)(C(C)(O)C(=O)NC2C(=O)N3NCCCC3C(=O)N(O)C(C)C(=O)N3NCC(O)CC3C(=O)N3CCC(C)(O)C3C(=O)N(O)C(C(C)C)C(=O)OC2C(C)C)OC1CC. The first-order valence-corrected chi connectivity index (χ1v) is 24.2. The highest BCUT2D eigenvalue weighted by Gasteiger charge is 2.59. The lowest BCUT2D eigenvalue weighted by atomic mass is 9.78. The number of amides is 6. The van der Waals surface area contributed by atoms with Gasteiger partial charge in [0, 0.05) is 32.5 Å². The van der Waals surface area contributed by atoms with Crippen molar-refractivity contribution in [2.45, 2.75) is 199 Å².